The second-order valence-corrected chi connectivity index (χ2v) is 4.64. The van der Waals surface area contributed by atoms with Gasteiger partial charge in [0.15, 0.2) is 5.82 Å². The van der Waals surface area contributed by atoms with Gasteiger partial charge in [0.1, 0.15) is 0 Å². The Morgan fingerprint density at radius 2 is 2.12 bits per heavy atom. The predicted molar refractivity (Wildman–Crippen MR) is 62.6 cm³/mol. The first kappa shape index (κ1) is 13.7. The predicted octanol–water partition coefficient (Wildman–Crippen LogP) is 2.46. The highest BCUT2D eigenvalue weighted by Gasteiger charge is 2.07. The van der Waals surface area contributed by atoms with Crippen LogP contribution in [0.2, 0.25) is 0 Å². The number of aromatic nitrogens is 2. The van der Waals surface area contributed by atoms with E-state index >= 15 is 0 Å². The minimum atomic E-state index is -0.756. The minimum Gasteiger partial charge on any atom is -0.481 e. The van der Waals surface area contributed by atoms with E-state index in [0.717, 1.165) is 25.1 Å². The Kier molecular flexibility index (Phi) is 5.66. The molecule has 17 heavy (non-hydrogen) atoms. The van der Waals surface area contributed by atoms with E-state index in [2.05, 4.69) is 24.0 Å². The fourth-order valence-corrected chi connectivity index (χ4v) is 1.46. The zero-order valence-corrected chi connectivity index (χ0v) is 10.5. The zero-order valence-electron chi connectivity index (χ0n) is 10.5. The van der Waals surface area contributed by atoms with E-state index < -0.39 is 5.97 Å². The number of unbranched alkanes of at least 4 members (excludes halogenated alkanes) is 1. The molecule has 0 aliphatic carbocycles. The largest absolute Gasteiger partial charge is 0.481 e. The van der Waals surface area contributed by atoms with Crippen LogP contribution in [0.5, 0.6) is 0 Å². The Labute approximate surface area is 101 Å². The molecule has 1 aromatic heterocycles. The lowest BCUT2D eigenvalue weighted by Gasteiger charge is -1.98. The monoisotopic (exact) mass is 240 g/mol. The second-order valence-electron chi connectivity index (χ2n) is 4.64. The molecule has 0 amide bonds. The fraction of sp³-hybridized carbons (Fsp3) is 0.750. The van der Waals surface area contributed by atoms with Crippen LogP contribution in [0.1, 0.15) is 51.2 Å². The molecule has 5 nitrogen and oxygen atoms in total. The number of aliphatic carboxylic acids is 1. The number of carbonyl (C=O) groups is 1. The third kappa shape index (κ3) is 6.04. The molecule has 96 valence electrons. The molecule has 0 bridgehead atoms. The van der Waals surface area contributed by atoms with Gasteiger partial charge in [0.25, 0.3) is 0 Å². The summed E-state index contributed by atoms with van der Waals surface area (Å²) in [5.74, 6) is 1.25. The maximum atomic E-state index is 10.3. The van der Waals surface area contributed by atoms with Gasteiger partial charge >= 0.3 is 5.97 Å². The van der Waals surface area contributed by atoms with Gasteiger partial charge < -0.3 is 9.63 Å². The summed E-state index contributed by atoms with van der Waals surface area (Å²) in [7, 11) is 0. The molecule has 1 rings (SSSR count). The molecule has 0 atom stereocenters. The van der Waals surface area contributed by atoms with Crippen molar-refractivity contribution in [1.82, 2.24) is 10.1 Å². The maximum Gasteiger partial charge on any atom is 0.303 e. The number of carboxylic acids is 1. The molecule has 0 radical (unpaired) electrons. The highest BCUT2D eigenvalue weighted by Crippen LogP contribution is 2.08. The van der Waals surface area contributed by atoms with Gasteiger partial charge in [-0.05, 0) is 25.2 Å². The topological polar surface area (TPSA) is 76.2 Å². The van der Waals surface area contributed by atoms with Gasteiger partial charge in [-0.1, -0.05) is 19.0 Å². The molecular weight excluding hydrogens is 220 g/mol. The minimum absolute atomic E-state index is 0.203. The molecule has 0 fully saturated rings. The Morgan fingerprint density at radius 1 is 1.35 bits per heavy atom. The summed E-state index contributed by atoms with van der Waals surface area (Å²) in [6.45, 7) is 4.32. The van der Waals surface area contributed by atoms with Crippen LogP contribution < -0.4 is 0 Å². The van der Waals surface area contributed by atoms with Gasteiger partial charge in [-0.15, -0.1) is 0 Å². The number of hydrogen-bond donors (Lipinski definition) is 1. The Hall–Kier alpha value is -1.39. The third-order valence-electron chi connectivity index (χ3n) is 2.49. The summed E-state index contributed by atoms with van der Waals surface area (Å²) in [4.78, 5) is 14.6. The number of rotatable bonds is 8. The van der Waals surface area contributed by atoms with Gasteiger partial charge in [0, 0.05) is 19.3 Å². The van der Waals surface area contributed by atoms with Crippen LogP contribution in [0, 0.1) is 5.92 Å². The van der Waals surface area contributed by atoms with Crippen molar-refractivity contribution in [3.8, 4) is 0 Å². The van der Waals surface area contributed by atoms with Gasteiger partial charge in [0.2, 0.25) is 5.89 Å². The highest BCUT2D eigenvalue weighted by atomic mass is 16.5. The summed E-state index contributed by atoms with van der Waals surface area (Å²) in [5.41, 5.74) is 0. The quantitative estimate of drug-likeness (QED) is 0.706. The first-order valence-corrected chi connectivity index (χ1v) is 6.11. The van der Waals surface area contributed by atoms with Crippen molar-refractivity contribution in [2.45, 2.75) is 52.4 Å². The first-order chi connectivity index (χ1) is 8.08. The number of nitrogens with zero attached hydrogens (tertiary/aromatic N) is 2. The van der Waals surface area contributed by atoms with E-state index in [1.807, 2.05) is 0 Å². The fourth-order valence-electron chi connectivity index (χ4n) is 1.46. The van der Waals surface area contributed by atoms with Crippen LogP contribution in [0.15, 0.2) is 4.52 Å². The molecule has 1 N–H and O–H groups in total. The van der Waals surface area contributed by atoms with Crippen molar-refractivity contribution in [1.29, 1.82) is 0 Å². The van der Waals surface area contributed by atoms with Crippen molar-refractivity contribution >= 4 is 5.97 Å². The van der Waals surface area contributed by atoms with E-state index in [1.165, 1.54) is 0 Å². The molecular formula is C12H20N2O3. The third-order valence-corrected chi connectivity index (χ3v) is 2.49. The number of carboxylic acid groups (broad SMARTS) is 1. The highest BCUT2D eigenvalue weighted by molar-refractivity contribution is 5.66. The summed E-state index contributed by atoms with van der Waals surface area (Å²) in [6.07, 6.45) is 4.20. The van der Waals surface area contributed by atoms with Crippen molar-refractivity contribution < 1.29 is 14.4 Å². The zero-order chi connectivity index (χ0) is 12.7. The van der Waals surface area contributed by atoms with E-state index in [4.69, 9.17) is 9.63 Å². The summed E-state index contributed by atoms with van der Waals surface area (Å²) < 4.78 is 5.10. The van der Waals surface area contributed by atoms with E-state index in [0.29, 0.717) is 24.7 Å². The molecule has 0 aromatic carbocycles. The molecule has 0 saturated heterocycles. The summed E-state index contributed by atoms with van der Waals surface area (Å²) in [5, 5.41) is 12.4. The van der Waals surface area contributed by atoms with Crippen molar-refractivity contribution in [3.63, 3.8) is 0 Å². The normalized spacial score (nSPS) is 11.0. The Morgan fingerprint density at radius 3 is 2.76 bits per heavy atom. The molecule has 1 aromatic rings. The Balaban J connectivity index is 2.23. The van der Waals surface area contributed by atoms with E-state index in [1.54, 1.807) is 0 Å². The van der Waals surface area contributed by atoms with E-state index in [-0.39, 0.29) is 6.42 Å². The average Bonchev–Trinajstić information content (AvgIpc) is 2.69. The molecule has 0 aliphatic rings. The van der Waals surface area contributed by atoms with Gasteiger partial charge in [-0.25, -0.2) is 0 Å². The first-order valence-electron chi connectivity index (χ1n) is 6.11. The SMILES string of the molecule is CC(C)CCc1noc(CCCCC(=O)O)n1. The van der Waals surface area contributed by atoms with Crippen LogP contribution >= 0.6 is 0 Å². The van der Waals surface area contributed by atoms with Crippen LogP contribution in [0.3, 0.4) is 0 Å². The van der Waals surface area contributed by atoms with Crippen LogP contribution in [0.25, 0.3) is 0 Å². The number of aryl methyl sites for hydroxylation is 2. The van der Waals surface area contributed by atoms with Crippen LogP contribution in [-0.4, -0.2) is 21.2 Å². The molecule has 0 unspecified atom stereocenters. The van der Waals surface area contributed by atoms with E-state index in [9.17, 15) is 4.79 Å². The second kappa shape index (κ2) is 7.04. The lowest BCUT2D eigenvalue weighted by molar-refractivity contribution is -0.137. The van der Waals surface area contributed by atoms with Crippen molar-refractivity contribution in [2.75, 3.05) is 0 Å². The summed E-state index contributed by atoms with van der Waals surface area (Å²) >= 11 is 0. The van der Waals surface area contributed by atoms with Crippen LogP contribution in [-0.2, 0) is 17.6 Å². The maximum absolute atomic E-state index is 10.3. The smallest absolute Gasteiger partial charge is 0.303 e. The van der Waals surface area contributed by atoms with Gasteiger partial charge in [-0.2, -0.15) is 4.98 Å². The lowest BCUT2D eigenvalue weighted by Crippen LogP contribution is -1.96. The molecule has 5 heteroatoms. The average molecular weight is 240 g/mol. The van der Waals surface area contributed by atoms with Crippen molar-refractivity contribution in [3.05, 3.63) is 11.7 Å². The summed E-state index contributed by atoms with van der Waals surface area (Å²) in [6, 6.07) is 0. The molecule has 1 heterocycles. The standard InChI is InChI=1S/C12H20N2O3/c1-9(2)7-8-10-13-11(17-14-10)5-3-4-6-12(15)16/h9H,3-8H2,1-2H3,(H,15,16). The lowest BCUT2D eigenvalue weighted by atomic mass is 10.1. The molecule has 0 aliphatic heterocycles. The molecule has 0 spiro atoms. The van der Waals surface area contributed by atoms with Gasteiger partial charge in [0.05, 0.1) is 0 Å². The Bertz CT molecular complexity index is 347. The van der Waals surface area contributed by atoms with Gasteiger partial charge in [-0.3, -0.25) is 4.79 Å². The molecule has 0 saturated carbocycles. The van der Waals surface area contributed by atoms with Crippen LogP contribution in [0.4, 0.5) is 0 Å². The van der Waals surface area contributed by atoms with Crippen molar-refractivity contribution in [2.24, 2.45) is 5.92 Å². The number of hydrogen-bond acceptors (Lipinski definition) is 4.